The molecule has 0 bridgehead atoms. The van der Waals surface area contributed by atoms with Gasteiger partial charge in [-0.1, -0.05) is 20.8 Å². The summed E-state index contributed by atoms with van der Waals surface area (Å²) >= 11 is 0. The van der Waals surface area contributed by atoms with Crippen LogP contribution in [0.25, 0.3) is 0 Å². The Balaban J connectivity index is 2.99. The van der Waals surface area contributed by atoms with Gasteiger partial charge in [0.15, 0.2) is 0 Å². The van der Waals surface area contributed by atoms with Crippen LogP contribution in [0.15, 0.2) is 29.2 Å². The summed E-state index contributed by atoms with van der Waals surface area (Å²) < 4.78 is 38.3. The van der Waals surface area contributed by atoms with Crippen molar-refractivity contribution in [3.63, 3.8) is 0 Å². The highest BCUT2D eigenvalue weighted by atomic mass is 32.2. The number of halogens is 1. The van der Waals surface area contributed by atoms with E-state index in [1.165, 1.54) is 23.5 Å². The molecule has 0 heterocycles. The Bertz CT molecular complexity index is 474. The molecule has 0 saturated carbocycles. The SMILES string of the molecule is CN(CC(C)(C)C)S(=O)(=O)c1ccc([18F])cc1. The lowest BCUT2D eigenvalue weighted by Gasteiger charge is -2.26. The van der Waals surface area contributed by atoms with Gasteiger partial charge in [0.25, 0.3) is 0 Å². The quantitative estimate of drug-likeness (QED) is 0.835. The van der Waals surface area contributed by atoms with E-state index in [-0.39, 0.29) is 10.3 Å². The Kier molecular flexibility index (Phi) is 3.94. The highest BCUT2D eigenvalue weighted by Gasteiger charge is 2.25. The van der Waals surface area contributed by atoms with Gasteiger partial charge in [0, 0.05) is 13.6 Å². The van der Waals surface area contributed by atoms with Crippen molar-refractivity contribution in [1.82, 2.24) is 4.31 Å². The number of sulfonamides is 1. The third kappa shape index (κ3) is 3.78. The van der Waals surface area contributed by atoms with Gasteiger partial charge in [-0.15, -0.1) is 0 Å². The Hall–Kier alpha value is -0.940. The van der Waals surface area contributed by atoms with Gasteiger partial charge in [-0.05, 0) is 29.7 Å². The largest absolute Gasteiger partial charge is 0.242 e. The van der Waals surface area contributed by atoms with Gasteiger partial charge in [0.2, 0.25) is 10.0 Å². The van der Waals surface area contributed by atoms with Crippen molar-refractivity contribution in [3.8, 4) is 0 Å². The van der Waals surface area contributed by atoms with Gasteiger partial charge in [-0.25, -0.2) is 17.1 Å². The van der Waals surface area contributed by atoms with Gasteiger partial charge >= 0.3 is 0 Å². The first kappa shape index (κ1) is 14.1. The molecule has 0 aromatic heterocycles. The van der Waals surface area contributed by atoms with Crippen molar-refractivity contribution in [3.05, 3.63) is 30.1 Å². The molecule has 96 valence electrons. The molecule has 0 unspecified atom stereocenters. The van der Waals surface area contributed by atoms with Gasteiger partial charge in [0.1, 0.15) is 5.82 Å². The van der Waals surface area contributed by atoms with Crippen LogP contribution < -0.4 is 0 Å². The molecule has 1 aromatic rings. The maximum absolute atomic E-state index is 12.7. The fourth-order valence-electron chi connectivity index (χ4n) is 1.54. The minimum atomic E-state index is -3.52. The summed E-state index contributed by atoms with van der Waals surface area (Å²) in [4.78, 5) is 0.116. The highest BCUT2D eigenvalue weighted by molar-refractivity contribution is 7.89. The summed E-state index contributed by atoms with van der Waals surface area (Å²) in [7, 11) is -1.99. The summed E-state index contributed by atoms with van der Waals surface area (Å²) in [5.41, 5.74) is -0.123. The summed E-state index contributed by atoms with van der Waals surface area (Å²) in [5, 5.41) is 0. The van der Waals surface area contributed by atoms with Crippen molar-refractivity contribution in [2.24, 2.45) is 5.41 Å². The predicted molar refractivity (Wildman–Crippen MR) is 65.7 cm³/mol. The van der Waals surface area contributed by atoms with Gasteiger partial charge in [0.05, 0.1) is 4.90 Å². The topological polar surface area (TPSA) is 37.4 Å². The molecule has 0 saturated heterocycles. The molecule has 0 N–H and O–H groups in total. The number of nitrogens with zero attached hydrogens (tertiary/aromatic N) is 1. The first-order chi connectivity index (χ1) is 7.63. The van der Waals surface area contributed by atoms with E-state index < -0.39 is 15.8 Å². The van der Waals surface area contributed by atoms with Crippen LogP contribution >= 0.6 is 0 Å². The van der Waals surface area contributed by atoms with Crippen LogP contribution in [0.5, 0.6) is 0 Å². The smallest absolute Gasteiger partial charge is 0.207 e. The van der Waals surface area contributed by atoms with Crippen LogP contribution in [0.2, 0.25) is 0 Å². The molecule has 17 heavy (non-hydrogen) atoms. The number of rotatable bonds is 3. The number of hydrogen-bond acceptors (Lipinski definition) is 2. The predicted octanol–water partition coefficient (Wildman–Crippen LogP) is 2.49. The molecule has 1 aromatic carbocycles. The van der Waals surface area contributed by atoms with Gasteiger partial charge in [-0.3, -0.25) is 0 Å². The lowest BCUT2D eigenvalue weighted by Crippen LogP contribution is -2.34. The van der Waals surface area contributed by atoms with E-state index in [4.69, 9.17) is 0 Å². The fourth-order valence-corrected chi connectivity index (χ4v) is 2.94. The minimum absolute atomic E-state index is 0.116. The van der Waals surface area contributed by atoms with E-state index in [1.807, 2.05) is 20.8 Å². The normalized spacial score (nSPS) is 13.1. The standard InChI is InChI=1S/C12H18FNO2S/c1-12(2,3)9-14(4)17(15,16)11-7-5-10(13)6-8-11/h5-8H,9H2,1-4H3/i13-1. The van der Waals surface area contributed by atoms with Crippen LogP contribution in [-0.2, 0) is 10.0 Å². The van der Waals surface area contributed by atoms with E-state index in [1.54, 1.807) is 0 Å². The highest BCUT2D eigenvalue weighted by Crippen LogP contribution is 2.20. The molecule has 5 heteroatoms. The minimum Gasteiger partial charge on any atom is -0.207 e. The summed E-state index contributed by atoms with van der Waals surface area (Å²) in [6.45, 7) is 6.30. The van der Waals surface area contributed by atoms with Crippen molar-refractivity contribution in [2.75, 3.05) is 13.6 Å². The third-order valence-corrected chi connectivity index (χ3v) is 4.04. The Morgan fingerprint density at radius 3 is 2.06 bits per heavy atom. The van der Waals surface area contributed by atoms with E-state index in [0.29, 0.717) is 6.54 Å². The van der Waals surface area contributed by atoms with Crippen LogP contribution in [-0.4, -0.2) is 26.3 Å². The number of hydrogen-bond donors (Lipinski definition) is 0. The maximum Gasteiger partial charge on any atom is 0.242 e. The first-order valence-electron chi connectivity index (χ1n) is 5.35. The monoisotopic (exact) mass is 258 g/mol. The molecule has 0 fully saturated rings. The van der Waals surface area contributed by atoms with Gasteiger partial charge in [-0.2, -0.15) is 0 Å². The van der Waals surface area contributed by atoms with E-state index >= 15 is 0 Å². The molecular formula is C12H18FNO2S. The van der Waals surface area contributed by atoms with Crippen molar-refractivity contribution >= 4 is 10.0 Å². The van der Waals surface area contributed by atoms with E-state index in [2.05, 4.69) is 0 Å². The second-order valence-corrected chi connectivity index (χ2v) is 7.32. The average Bonchev–Trinajstić information content (AvgIpc) is 2.15. The summed E-state index contributed by atoms with van der Waals surface area (Å²) in [6, 6.07) is 4.86. The van der Waals surface area contributed by atoms with Crippen LogP contribution in [0, 0.1) is 11.2 Å². The molecular weight excluding hydrogens is 240 g/mol. The summed E-state index contributed by atoms with van der Waals surface area (Å²) in [5.74, 6) is -0.442. The van der Waals surface area contributed by atoms with Crippen LogP contribution in [0.4, 0.5) is 4.39 Å². The molecule has 3 nitrogen and oxygen atoms in total. The van der Waals surface area contributed by atoms with Gasteiger partial charge < -0.3 is 0 Å². The molecule has 0 aliphatic carbocycles. The van der Waals surface area contributed by atoms with E-state index in [0.717, 1.165) is 12.1 Å². The summed E-state index contributed by atoms with van der Waals surface area (Å²) in [6.07, 6.45) is 0. The lowest BCUT2D eigenvalue weighted by atomic mass is 9.97. The Labute approximate surface area is 102 Å². The zero-order valence-electron chi connectivity index (χ0n) is 10.6. The fraction of sp³-hybridized carbons (Fsp3) is 0.500. The molecule has 0 aliphatic heterocycles. The molecule has 0 spiro atoms. The van der Waals surface area contributed by atoms with Crippen molar-refractivity contribution in [2.45, 2.75) is 25.7 Å². The Morgan fingerprint density at radius 1 is 1.18 bits per heavy atom. The lowest BCUT2D eigenvalue weighted by molar-refractivity contribution is 0.311. The maximum atomic E-state index is 12.7. The molecule has 1 rings (SSSR count). The molecule has 0 atom stereocenters. The zero-order valence-corrected chi connectivity index (χ0v) is 11.4. The Morgan fingerprint density at radius 2 is 1.65 bits per heavy atom. The first-order valence-corrected chi connectivity index (χ1v) is 6.79. The van der Waals surface area contributed by atoms with E-state index in [9.17, 15) is 12.8 Å². The van der Waals surface area contributed by atoms with Crippen molar-refractivity contribution < 1.29 is 12.8 Å². The zero-order chi connectivity index (χ0) is 13.3. The molecule has 0 amide bonds. The van der Waals surface area contributed by atoms with Crippen molar-refractivity contribution in [1.29, 1.82) is 0 Å². The van der Waals surface area contributed by atoms with Crippen LogP contribution in [0.3, 0.4) is 0 Å². The number of benzene rings is 1. The molecule has 0 radical (unpaired) electrons. The average molecular weight is 258 g/mol. The second-order valence-electron chi connectivity index (χ2n) is 5.28. The third-order valence-electron chi connectivity index (χ3n) is 2.22. The molecule has 0 aliphatic rings. The van der Waals surface area contributed by atoms with Crippen LogP contribution in [0.1, 0.15) is 20.8 Å². The second kappa shape index (κ2) is 4.74.